The van der Waals surface area contributed by atoms with E-state index in [-0.39, 0.29) is 86.6 Å². The van der Waals surface area contributed by atoms with Crippen molar-refractivity contribution >= 4 is 41.1 Å². The van der Waals surface area contributed by atoms with Crippen molar-refractivity contribution in [2.75, 3.05) is 65.9 Å². The summed E-state index contributed by atoms with van der Waals surface area (Å²) in [6.45, 7) is 8.91. The number of nitrogens with one attached hydrogen (secondary N) is 5. The highest BCUT2D eigenvalue weighted by Gasteiger charge is 2.46. The maximum atomic E-state index is 14.4. The average Bonchev–Trinajstić information content (AvgIpc) is 0.859. The molecule has 92 heavy (non-hydrogen) atoms. The number of aliphatic hydroxyl groups is 9. The van der Waals surface area contributed by atoms with Gasteiger partial charge in [0.15, 0.2) is 24.7 Å². The monoisotopic (exact) mass is 1320 g/mol. The number of hydrogen-bond donors (Lipinski definition) is 14. The van der Waals surface area contributed by atoms with Gasteiger partial charge >= 0.3 is 0 Å². The van der Waals surface area contributed by atoms with Gasteiger partial charge in [-0.3, -0.25) is 33.6 Å². The van der Waals surface area contributed by atoms with Crippen LogP contribution >= 0.6 is 0 Å². The molecule has 0 aromatic rings. The van der Waals surface area contributed by atoms with E-state index in [4.69, 9.17) is 33.2 Å². The zero-order chi connectivity index (χ0) is 68.0. The van der Waals surface area contributed by atoms with E-state index >= 15 is 0 Å². The molecule has 5 amide bonds. The Labute approximate surface area is 543 Å². The molecule has 534 valence electrons. The lowest BCUT2D eigenvalue weighted by Gasteiger charge is -2.42. The lowest BCUT2D eigenvalue weighted by atomic mass is 9.91. The molecule has 0 radical (unpaired) electrons. The predicted molar refractivity (Wildman–Crippen MR) is 333 cm³/mol. The molecule has 8 unspecified atom stereocenters. The Kier molecular flexibility index (Phi) is 42.1. The first-order valence-electron chi connectivity index (χ1n) is 33.8. The van der Waals surface area contributed by atoms with E-state index < -0.39 is 129 Å². The van der Waals surface area contributed by atoms with Crippen molar-refractivity contribution < 1.29 is 113 Å². The molecule has 28 heteroatoms. The molecular weight excluding hydrogens is 1210 g/mol. The highest BCUT2D eigenvalue weighted by Crippen LogP contribution is 2.29. The summed E-state index contributed by atoms with van der Waals surface area (Å²) in [6, 6.07) is -2.00. The molecule has 3 aliphatic rings. The first-order valence-corrected chi connectivity index (χ1v) is 33.8. The van der Waals surface area contributed by atoms with Crippen molar-refractivity contribution in [3.05, 3.63) is 0 Å². The third-order valence-corrected chi connectivity index (χ3v) is 17.0. The third-order valence-electron chi connectivity index (χ3n) is 17.0. The van der Waals surface area contributed by atoms with Gasteiger partial charge in [0.1, 0.15) is 54.6 Å². The number of carbonyl (C=O) groups excluding carboxylic acids is 7. The maximum absolute atomic E-state index is 14.4. The SMILES string of the molecule is CC(=O)N[C@H]1C(O)[C@@H](O)C(CO)O[C@H]1OCCCCCC(=O)NCCCCC(CC(=O)C(CCCCNC(=O)CCCCCO[C@@H]1OC(CO)[C@H](O)C(O)[C@@H]1C)NC(=O)CCCCCO[C@@H]1OC(CO)[C@H](O)C(O)[C@@H]1C)C(=O)NCCCCCC(=O)CCOC(C)C. The third kappa shape index (κ3) is 31.7. The first-order chi connectivity index (χ1) is 44.0. The topological polar surface area (TPSA) is 426 Å². The fourth-order valence-corrected chi connectivity index (χ4v) is 11.2. The first kappa shape index (κ1) is 82.3. The van der Waals surface area contributed by atoms with Gasteiger partial charge in [0.05, 0.1) is 50.8 Å². The molecule has 14 N–H and O–H groups in total. The van der Waals surface area contributed by atoms with Crippen LogP contribution in [0, 0.1) is 17.8 Å². The van der Waals surface area contributed by atoms with Gasteiger partial charge in [-0.15, -0.1) is 0 Å². The van der Waals surface area contributed by atoms with Crippen LogP contribution in [-0.2, 0) is 66.7 Å². The van der Waals surface area contributed by atoms with Crippen molar-refractivity contribution in [1.29, 1.82) is 0 Å². The molecule has 3 fully saturated rings. The molecule has 0 bridgehead atoms. The molecule has 0 spiro atoms. The van der Waals surface area contributed by atoms with Crippen molar-refractivity contribution in [3.8, 4) is 0 Å². The zero-order valence-corrected chi connectivity index (χ0v) is 55.2. The number of hydrogen-bond acceptors (Lipinski definition) is 23. The van der Waals surface area contributed by atoms with Crippen LogP contribution in [0.1, 0.15) is 189 Å². The van der Waals surface area contributed by atoms with Gasteiger partial charge in [-0.05, 0) is 97.3 Å². The number of aliphatic hydroxyl groups excluding tert-OH is 9. The number of ketones is 2. The van der Waals surface area contributed by atoms with Gasteiger partial charge in [-0.2, -0.15) is 0 Å². The minimum atomic E-state index is -1.43. The summed E-state index contributed by atoms with van der Waals surface area (Å²) in [5.41, 5.74) is 0. The lowest BCUT2D eigenvalue weighted by molar-refractivity contribution is -0.282. The average molecular weight is 1320 g/mol. The van der Waals surface area contributed by atoms with E-state index in [2.05, 4.69) is 26.6 Å². The van der Waals surface area contributed by atoms with Gasteiger partial charge in [-0.25, -0.2) is 0 Å². The summed E-state index contributed by atoms with van der Waals surface area (Å²) < 4.78 is 39.7. The lowest BCUT2D eigenvalue weighted by Crippen LogP contribution is -2.64. The normalized spacial score (nSPS) is 27.2. The molecule has 3 aliphatic heterocycles. The molecule has 3 heterocycles. The van der Waals surface area contributed by atoms with Crippen molar-refractivity contribution in [2.45, 2.75) is 281 Å². The second-order valence-electron chi connectivity index (χ2n) is 25.1. The minimum absolute atomic E-state index is 0.0353. The molecule has 3 saturated heterocycles. The summed E-state index contributed by atoms with van der Waals surface area (Å²) in [4.78, 5) is 91.6. The largest absolute Gasteiger partial charge is 0.394 e. The maximum Gasteiger partial charge on any atom is 0.223 e. The van der Waals surface area contributed by atoms with Crippen LogP contribution in [0.15, 0.2) is 0 Å². The molecule has 0 saturated carbocycles. The van der Waals surface area contributed by atoms with Crippen LogP contribution in [0.2, 0.25) is 0 Å². The van der Waals surface area contributed by atoms with Gasteiger partial charge in [0.25, 0.3) is 0 Å². The Bertz CT molecular complexity index is 2100. The van der Waals surface area contributed by atoms with E-state index in [1.807, 2.05) is 13.8 Å². The number of Topliss-reactive ketones (excluding diaryl/α,β-unsaturated/α-hetero) is 2. The van der Waals surface area contributed by atoms with E-state index in [0.29, 0.717) is 155 Å². The summed E-state index contributed by atoms with van der Waals surface area (Å²) in [7, 11) is 0. The van der Waals surface area contributed by atoms with Crippen molar-refractivity contribution in [3.63, 3.8) is 0 Å². The van der Waals surface area contributed by atoms with E-state index in [0.717, 1.165) is 0 Å². The van der Waals surface area contributed by atoms with E-state index in [1.165, 1.54) is 6.92 Å². The number of unbranched alkanes of at least 4 members (excludes halogenated alkanes) is 10. The molecule has 3 rings (SSSR count). The number of carbonyl (C=O) groups is 7. The van der Waals surface area contributed by atoms with Crippen LogP contribution in [0.3, 0.4) is 0 Å². The molecule has 17 atom stereocenters. The number of ether oxygens (including phenoxy) is 7. The summed E-state index contributed by atoms with van der Waals surface area (Å²) in [6.07, 6.45) is -2.70. The second kappa shape index (κ2) is 47.0. The molecule has 0 aromatic carbocycles. The molecule has 0 aromatic heterocycles. The van der Waals surface area contributed by atoms with Gasteiger partial charge in [-0.1, -0.05) is 46.0 Å². The van der Waals surface area contributed by atoms with Crippen molar-refractivity contribution in [2.24, 2.45) is 17.8 Å². The van der Waals surface area contributed by atoms with Crippen LogP contribution in [-0.4, -0.2) is 245 Å². The summed E-state index contributed by atoms with van der Waals surface area (Å²) in [5.74, 6) is -3.53. The molecule has 0 aliphatic carbocycles. The van der Waals surface area contributed by atoms with E-state index in [9.17, 15) is 79.5 Å². The highest BCUT2D eigenvalue weighted by molar-refractivity contribution is 5.92. The van der Waals surface area contributed by atoms with Crippen molar-refractivity contribution in [1.82, 2.24) is 26.6 Å². The standard InChI is InChI=1S/C64H115N5O23/c1-40(2)86-35-28-45(74)23-10-6-16-31-67-61(85)44(22-14-17-29-65-51(76)26-12-8-21-34-89-64-54(68-43(5)73)60(84)59(83)50(39-72)92-64)36-47(75)46(69-53(78)27-13-9-20-33-88-63-42(4)56(80)58(82)49(38-71)91-63)24-15-18-30-66-52(77)25-11-7-19-32-87-62-41(3)55(79)57(81)48(37-70)90-62/h40-42,44,46,48-50,54-60,62-64,70-72,79-84H,6-39H2,1-5H3,(H,65,76)(H,66,77)(H,67,85)(H,68,73)(H,69,78)/t41-,42-,44?,46?,48?,49?,50?,54-,55?,56?,57-,58-,59-,60?,62+,63+,64+/m0/s1. The molecule has 28 nitrogen and oxygen atoms in total. The summed E-state index contributed by atoms with van der Waals surface area (Å²) >= 11 is 0. The highest BCUT2D eigenvalue weighted by atomic mass is 16.7. The Morgan fingerprint density at radius 1 is 0.457 bits per heavy atom. The van der Waals surface area contributed by atoms with Crippen LogP contribution in [0.5, 0.6) is 0 Å². The van der Waals surface area contributed by atoms with Crippen LogP contribution in [0.4, 0.5) is 0 Å². The summed E-state index contributed by atoms with van der Waals surface area (Å²) in [5, 5.41) is 105. The Morgan fingerprint density at radius 3 is 1.37 bits per heavy atom. The predicted octanol–water partition coefficient (Wildman–Crippen LogP) is 0.505. The fourth-order valence-electron chi connectivity index (χ4n) is 11.2. The quantitative estimate of drug-likeness (QED) is 0.0369. The Hall–Kier alpha value is -3.95. The van der Waals surface area contributed by atoms with Crippen LogP contribution < -0.4 is 26.6 Å². The van der Waals surface area contributed by atoms with Crippen LogP contribution in [0.25, 0.3) is 0 Å². The minimum Gasteiger partial charge on any atom is -0.394 e. The van der Waals surface area contributed by atoms with Gasteiger partial charge < -0.3 is 106 Å². The zero-order valence-electron chi connectivity index (χ0n) is 55.2. The Balaban J connectivity index is 1.56. The van der Waals surface area contributed by atoms with Gasteiger partial charge in [0.2, 0.25) is 29.5 Å². The number of rotatable bonds is 50. The molecular formula is C64H115N5O23. The number of amides is 5. The van der Waals surface area contributed by atoms with Gasteiger partial charge in [0, 0.05) is 103 Å². The second-order valence-corrected chi connectivity index (χ2v) is 25.1. The smallest absolute Gasteiger partial charge is 0.223 e. The van der Waals surface area contributed by atoms with E-state index in [1.54, 1.807) is 13.8 Å². The fraction of sp³-hybridized carbons (Fsp3) is 0.891. The Morgan fingerprint density at radius 2 is 0.880 bits per heavy atom.